The monoisotopic (exact) mass is 150 g/mol. The minimum absolute atomic E-state index is 1.09. The smallest absolute Gasteiger partial charge is 0.0285 e. The van der Waals surface area contributed by atoms with Crippen LogP contribution in [0.3, 0.4) is 0 Å². The van der Waals surface area contributed by atoms with Crippen LogP contribution in [0.25, 0.3) is 0 Å². The molecule has 0 heterocycles. The summed E-state index contributed by atoms with van der Waals surface area (Å²) in [4.78, 5) is 0. The van der Waals surface area contributed by atoms with Crippen LogP contribution >= 0.6 is 0 Å². The minimum atomic E-state index is 1.09. The van der Waals surface area contributed by atoms with Gasteiger partial charge in [0.05, 0.1) is 0 Å². The van der Waals surface area contributed by atoms with Crippen molar-refractivity contribution in [3.05, 3.63) is 24.8 Å². The largest absolute Gasteiger partial charge is 0.0988 e. The summed E-state index contributed by atoms with van der Waals surface area (Å²) in [6, 6.07) is 0. The quantitative estimate of drug-likeness (QED) is 0.400. The van der Waals surface area contributed by atoms with Gasteiger partial charge in [0.2, 0.25) is 0 Å². The molecule has 0 spiro atoms. The summed E-state index contributed by atoms with van der Waals surface area (Å²) in [6.07, 6.45) is 10.1. The molecule has 1 rings (SSSR count). The van der Waals surface area contributed by atoms with Crippen LogP contribution in [0.4, 0.5) is 0 Å². The molecule has 0 N–H and O–H groups in total. The molecule has 0 amide bonds. The van der Waals surface area contributed by atoms with Gasteiger partial charge in [-0.2, -0.15) is 0 Å². The van der Waals surface area contributed by atoms with Crippen molar-refractivity contribution in [2.45, 2.75) is 38.5 Å². The molecule has 0 unspecified atom stereocenters. The molecule has 11 heavy (non-hydrogen) atoms. The fourth-order valence-electron chi connectivity index (χ4n) is 1.29. The first-order valence-corrected chi connectivity index (χ1v) is 4.63. The Labute approximate surface area is 70.0 Å². The SMILES string of the molecule is C=CC(=C)CCCCC1CC1. The number of hydrogen-bond donors (Lipinski definition) is 0. The molecular weight excluding hydrogens is 132 g/mol. The van der Waals surface area contributed by atoms with Crippen molar-refractivity contribution >= 4 is 0 Å². The highest BCUT2D eigenvalue weighted by Crippen LogP contribution is 2.34. The van der Waals surface area contributed by atoms with E-state index in [1.165, 1.54) is 37.7 Å². The molecule has 0 aromatic rings. The fourth-order valence-corrected chi connectivity index (χ4v) is 1.29. The van der Waals surface area contributed by atoms with Gasteiger partial charge in [-0.3, -0.25) is 0 Å². The van der Waals surface area contributed by atoms with Crippen LogP contribution in [0, 0.1) is 5.92 Å². The normalized spacial score (nSPS) is 16.4. The summed E-state index contributed by atoms with van der Waals surface area (Å²) < 4.78 is 0. The van der Waals surface area contributed by atoms with Crippen LogP contribution in [0.1, 0.15) is 38.5 Å². The van der Waals surface area contributed by atoms with Crippen molar-refractivity contribution < 1.29 is 0 Å². The van der Waals surface area contributed by atoms with Gasteiger partial charge in [0.1, 0.15) is 0 Å². The van der Waals surface area contributed by atoms with Gasteiger partial charge in [0, 0.05) is 0 Å². The van der Waals surface area contributed by atoms with Crippen LogP contribution in [0.2, 0.25) is 0 Å². The highest BCUT2D eigenvalue weighted by Gasteiger charge is 2.19. The van der Waals surface area contributed by atoms with Gasteiger partial charge < -0.3 is 0 Å². The standard InChI is InChI=1S/C11H18/c1-3-10(2)6-4-5-7-11-8-9-11/h3,11H,1-2,4-9H2. The Kier molecular flexibility index (Phi) is 3.41. The van der Waals surface area contributed by atoms with Gasteiger partial charge in [-0.1, -0.05) is 50.5 Å². The number of allylic oxidation sites excluding steroid dienone is 2. The lowest BCUT2D eigenvalue weighted by molar-refractivity contribution is 0.630. The van der Waals surface area contributed by atoms with E-state index in [-0.39, 0.29) is 0 Å². The van der Waals surface area contributed by atoms with Gasteiger partial charge in [-0.15, -0.1) is 0 Å². The second-order valence-electron chi connectivity index (χ2n) is 3.55. The Balaban J connectivity index is 1.86. The highest BCUT2D eigenvalue weighted by molar-refractivity contribution is 5.10. The first-order chi connectivity index (χ1) is 5.33. The summed E-state index contributed by atoms with van der Waals surface area (Å²) in [5, 5.41) is 0. The molecule has 0 aromatic carbocycles. The third-order valence-corrected chi connectivity index (χ3v) is 2.35. The maximum Gasteiger partial charge on any atom is -0.0285 e. The van der Waals surface area contributed by atoms with Crippen molar-refractivity contribution in [1.82, 2.24) is 0 Å². The van der Waals surface area contributed by atoms with Gasteiger partial charge in [0.25, 0.3) is 0 Å². The van der Waals surface area contributed by atoms with E-state index in [9.17, 15) is 0 Å². The highest BCUT2D eigenvalue weighted by atomic mass is 14.3. The molecule has 1 fully saturated rings. The van der Waals surface area contributed by atoms with Crippen LogP contribution in [0.15, 0.2) is 24.8 Å². The zero-order chi connectivity index (χ0) is 8.10. The van der Waals surface area contributed by atoms with E-state index >= 15 is 0 Å². The summed E-state index contributed by atoms with van der Waals surface area (Å²) in [5.41, 5.74) is 1.20. The molecule has 1 aliphatic carbocycles. The first kappa shape index (κ1) is 8.58. The third-order valence-electron chi connectivity index (χ3n) is 2.35. The fraction of sp³-hybridized carbons (Fsp3) is 0.636. The van der Waals surface area contributed by atoms with Gasteiger partial charge in [0.15, 0.2) is 0 Å². The van der Waals surface area contributed by atoms with Crippen molar-refractivity contribution in [3.63, 3.8) is 0 Å². The molecule has 0 aliphatic heterocycles. The molecule has 62 valence electrons. The van der Waals surface area contributed by atoms with Crippen LogP contribution in [-0.4, -0.2) is 0 Å². The van der Waals surface area contributed by atoms with Gasteiger partial charge >= 0.3 is 0 Å². The predicted molar refractivity (Wildman–Crippen MR) is 50.5 cm³/mol. The number of unbranched alkanes of at least 4 members (excludes halogenated alkanes) is 1. The summed E-state index contributed by atoms with van der Waals surface area (Å²) in [7, 11) is 0. The summed E-state index contributed by atoms with van der Waals surface area (Å²) in [5.74, 6) is 1.09. The van der Waals surface area contributed by atoms with E-state index in [1.807, 2.05) is 6.08 Å². The molecule has 0 nitrogen and oxygen atoms in total. The third kappa shape index (κ3) is 4.02. The van der Waals surface area contributed by atoms with Crippen LogP contribution in [-0.2, 0) is 0 Å². The van der Waals surface area contributed by atoms with Crippen molar-refractivity contribution in [2.24, 2.45) is 5.92 Å². The second kappa shape index (κ2) is 4.38. The Morgan fingerprint density at radius 3 is 2.64 bits per heavy atom. The summed E-state index contributed by atoms with van der Waals surface area (Å²) >= 11 is 0. The van der Waals surface area contributed by atoms with Crippen LogP contribution in [0.5, 0.6) is 0 Å². The van der Waals surface area contributed by atoms with Crippen molar-refractivity contribution in [2.75, 3.05) is 0 Å². The van der Waals surface area contributed by atoms with Crippen molar-refractivity contribution in [3.8, 4) is 0 Å². The predicted octanol–water partition coefficient (Wildman–Crippen LogP) is 3.70. The molecule has 0 radical (unpaired) electrons. The second-order valence-corrected chi connectivity index (χ2v) is 3.55. The van der Waals surface area contributed by atoms with E-state index in [0.29, 0.717) is 0 Å². The molecule has 0 aromatic heterocycles. The molecule has 1 saturated carbocycles. The lowest BCUT2D eigenvalue weighted by atomic mass is 10.1. The Morgan fingerprint density at radius 2 is 2.09 bits per heavy atom. The van der Waals surface area contributed by atoms with Gasteiger partial charge in [-0.25, -0.2) is 0 Å². The van der Waals surface area contributed by atoms with E-state index in [4.69, 9.17) is 0 Å². The Morgan fingerprint density at radius 1 is 1.36 bits per heavy atom. The summed E-state index contributed by atoms with van der Waals surface area (Å²) in [6.45, 7) is 7.57. The lowest BCUT2D eigenvalue weighted by Crippen LogP contribution is -1.80. The van der Waals surface area contributed by atoms with E-state index < -0.39 is 0 Å². The molecule has 0 atom stereocenters. The van der Waals surface area contributed by atoms with E-state index in [2.05, 4.69) is 13.2 Å². The number of hydrogen-bond acceptors (Lipinski definition) is 0. The van der Waals surface area contributed by atoms with Crippen LogP contribution < -0.4 is 0 Å². The maximum absolute atomic E-state index is 3.89. The molecular formula is C11H18. The molecule has 1 aliphatic rings. The lowest BCUT2D eigenvalue weighted by Gasteiger charge is -1.98. The molecule has 0 heteroatoms. The topological polar surface area (TPSA) is 0 Å². The average molecular weight is 150 g/mol. The molecule has 0 saturated heterocycles. The van der Waals surface area contributed by atoms with E-state index in [1.54, 1.807) is 0 Å². The Bertz CT molecular complexity index is 140. The minimum Gasteiger partial charge on any atom is -0.0988 e. The average Bonchev–Trinajstić information content (AvgIpc) is 2.81. The zero-order valence-electron chi connectivity index (χ0n) is 7.31. The van der Waals surface area contributed by atoms with Crippen molar-refractivity contribution in [1.29, 1.82) is 0 Å². The first-order valence-electron chi connectivity index (χ1n) is 4.63. The van der Waals surface area contributed by atoms with Gasteiger partial charge in [-0.05, 0) is 18.8 Å². The zero-order valence-corrected chi connectivity index (χ0v) is 7.31. The Hall–Kier alpha value is -0.520. The maximum atomic E-state index is 3.89. The molecule has 0 bridgehead atoms. The van der Waals surface area contributed by atoms with E-state index in [0.717, 1.165) is 12.3 Å². The number of rotatable bonds is 6.